The molecule has 13 heavy (non-hydrogen) atoms. The van der Waals surface area contributed by atoms with Crippen molar-refractivity contribution in [3.05, 3.63) is 34.9 Å². The summed E-state index contributed by atoms with van der Waals surface area (Å²) in [6.45, 7) is 5.90. The van der Waals surface area contributed by atoms with Crippen molar-refractivity contribution in [3.8, 4) is 0 Å². The summed E-state index contributed by atoms with van der Waals surface area (Å²) in [5.74, 6) is -1.26. The zero-order valence-corrected chi connectivity index (χ0v) is 8.20. The summed E-state index contributed by atoms with van der Waals surface area (Å²) in [5, 5.41) is 0. The van der Waals surface area contributed by atoms with Gasteiger partial charge in [-0.3, -0.25) is 0 Å². The average Bonchev–Trinajstić information content (AvgIpc) is 2.08. The van der Waals surface area contributed by atoms with Gasteiger partial charge in [0.1, 0.15) is 0 Å². The third kappa shape index (κ3) is 2.06. The molecular weight excluding hydrogens is 170 g/mol. The first kappa shape index (κ1) is 10.2. The maximum atomic E-state index is 12.9. The average molecular weight is 184 g/mol. The van der Waals surface area contributed by atoms with E-state index >= 15 is 0 Å². The molecule has 0 aliphatic rings. The predicted octanol–water partition coefficient (Wildman–Crippen LogP) is 3.65. The molecule has 0 radical (unpaired) electrons. The summed E-state index contributed by atoms with van der Waals surface area (Å²) < 4.78 is 25.7. The zero-order valence-electron chi connectivity index (χ0n) is 8.20. The third-order valence-corrected chi connectivity index (χ3v) is 2.19. The van der Waals surface area contributed by atoms with Crippen molar-refractivity contribution < 1.29 is 8.78 Å². The second kappa shape index (κ2) is 3.86. The molecule has 0 bridgehead atoms. The smallest absolute Gasteiger partial charge is 0.159 e. The topological polar surface area (TPSA) is 0 Å². The highest BCUT2D eigenvalue weighted by atomic mass is 19.2. The van der Waals surface area contributed by atoms with Gasteiger partial charge >= 0.3 is 0 Å². The predicted molar refractivity (Wildman–Crippen MR) is 49.8 cm³/mol. The van der Waals surface area contributed by atoms with E-state index in [1.54, 1.807) is 0 Å². The first-order valence-corrected chi connectivity index (χ1v) is 4.54. The van der Waals surface area contributed by atoms with Crippen molar-refractivity contribution in [1.82, 2.24) is 0 Å². The molecule has 0 amide bonds. The fourth-order valence-corrected chi connectivity index (χ4v) is 1.45. The van der Waals surface area contributed by atoms with E-state index in [1.807, 2.05) is 20.8 Å². The minimum Gasteiger partial charge on any atom is -0.204 e. The lowest BCUT2D eigenvalue weighted by Gasteiger charge is -2.11. The third-order valence-electron chi connectivity index (χ3n) is 2.19. The van der Waals surface area contributed by atoms with Crippen LogP contribution in [-0.2, 0) is 6.42 Å². The molecular formula is C11H14F2. The molecule has 0 heterocycles. The highest BCUT2D eigenvalue weighted by molar-refractivity contribution is 5.31. The Morgan fingerprint density at radius 1 is 1.15 bits per heavy atom. The normalized spacial score (nSPS) is 10.9. The highest BCUT2D eigenvalue weighted by Crippen LogP contribution is 2.22. The van der Waals surface area contributed by atoms with Gasteiger partial charge in [-0.2, -0.15) is 0 Å². The molecule has 1 aromatic carbocycles. The van der Waals surface area contributed by atoms with Gasteiger partial charge in [-0.25, -0.2) is 8.78 Å². The van der Waals surface area contributed by atoms with Crippen LogP contribution in [0.1, 0.15) is 37.8 Å². The van der Waals surface area contributed by atoms with Gasteiger partial charge in [0.15, 0.2) is 11.6 Å². The summed E-state index contributed by atoms with van der Waals surface area (Å²) in [6, 6.07) is 2.60. The van der Waals surface area contributed by atoms with Crippen LogP contribution < -0.4 is 0 Å². The number of hydrogen-bond donors (Lipinski definition) is 0. The Bertz CT molecular complexity index is 303. The summed E-state index contributed by atoms with van der Waals surface area (Å²) in [5.41, 5.74) is 1.80. The Morgan fingerprint density at radius 2 is 1.69 bits per heavy atom. The van der Waals surface area contributed by atoms with Gasteiger partial charge in [-0.1, -0.05) is 20.8 Å². The lowest BCUT2D eigenvalue weighted by Crippen LogP contribution is -1.98. The van der Waals surface area contributed by atoms with Crippen LogP contribution in [-0.4, -0.2) is 0 Å². The van der Waals surface area contributed by atoms with Gasteiger partial charge < -0.3 is 0 Å². The van der Waals surface area contributed by atoms with Crippen molar-refractivity contribution in [2.45, 2.75) is 33.1 Å². The summed E-state index contributed by atoms with van der Waals surface area (Å²) in [6.07, 6.45) is 0.741. The van der Waals surface area contributed by atoms with Crippen LogP contribution in [0.15, 0.2) is 12.1 Å². The minimum atomic E-state index is -0.749. The molecule has 0 saturated heterocycles. The number of halogens is 2. The minimum absolute atomic E-state index is 0.241. The van der Waals surface area contributed by atoms with Crippen LogP contribution in [0.25, 0.3) is 0 Å². The summed E-state index contributed by atoms with van der Waals surface area (Å²) >= 11 is 0. The number of aryl methyl sites for hydroxylation is 1. The van der Waals surface area contributed by atoms with Crippen LogP contribution in [0.2, 0.25) is 0 Å². The van der Waals surface area contributed by atoms with Crippen molar-refractivity contribution in [2.75, 3.05) is 0 Å². The molecule has 0 aromatic heterocycles. The molecule has 1 aromatic rings. The van der Waals surface area contributed by atoms with E-state index in [1.165, 1.54) is 12.1 Å². The number of rotatable bonds is 2. The van der Waals surface area contributed by atoms with Crippen LogP contribution in [0.3, 0.4) is 0 Å². The molecule has 0 saturated carbocycles. The Kier molecular flexibility index (Phi) is 3.02. The fraction of sp³-hybridized carbons (Fsp3) is 0.455. The highest BCUT2D eigenvalue weighted by Gasteiger charge is 2.10. The quantitative estimate of drug-likeness (QED) is 0.658. The van der Waals surface area contributed by atoms with Gasteiger partial charge in [0.05, 0.1) is 0 Å². The second-order valence-electron chi connectivity index (χ2n) is 3.47. The SMILES string of the molecule is CCc1cc(F)c(F)cc1C(C)C. The molecule has 0 N–H and O–H groups in total. The molecule has 0 spiro atoms. The maximum Gasteiger partial charge on any atom is 0.159 e. The van der Waals surface area contributed by atoms with Crippen molar-refractivity contribution in [1.29, 1.82) is 0 Å². The lowest BCUT2D eigenvalue weighted by molar-refractivity contribution is 0.504. The van der Waals surface area contributed by atoms with Crippen molar-refractivity contribution >= 4 is 0 Å². The first-order valence-electron chi connectivity index (χ1n) is 4.54. The molecule has 0 unspecified atom stereocenters. The monoisotopic (exact) mass is 184 g/mol. The Labute approximate surface area is 77.6 Å². The Morgan fingerprint density at radius 3 is 2.15 bits per heavy atom. The summed E-state index contributed by atoms with van der Waals surface area (Å²) in [4.78, 5) is 0. The Hall–Kier alpha value is -0.920. The molecule has 0 nitrogen and oxygen atoms in total. The Balaban J connectivity index is 3.25. The van der Waals surface area contributed by atoms with Crippen LogP contribution >= 0.6 is 0 Å². The molecule has 0 aliphatic heterocycles. The second-order valence-corrected chi connectivity index (χ2v) is 3.47. The number of hydrogen-bond acceptors (Lipinski definition) is 0. The van der Waals surface area contributed by atoms with Crippen LogP contribution in [0, 0.1) is 11.6 Å². The van der Waals surface area contributed by atoms with Crippen LogP contribution in [0.5, 0.6) is 0 Å². The van der Waals surface area contributed by atoms with Gasteiger partial charge in [-0.15, -0.1) is 0 Å². The van der Waals surface area contributed by atoms with Gasteiger partial charge in [-0.05, 0) is 35.6 Å². The van der Waals surface area contributed by atoms with E-state index in [4.69, 9.17) is 0 Å². The number of benzene rings is 1. The van der Waals surface area contributed by atoms with Crippen molar-refractivity contribution in [3.63, 3.8) is 0 Å². The molecule has 2 heteroatoms. The van der Waals surface area contributed by atoms with E-state index < -0.39 is 11.6 Å². The molecule has 1 rings (SSSR count). The van der Waals surface area contributed by atoms with Gasteiger partial charge in [0, 0.05) is 0 Å². The van der Waals surface area contributed by atoms with E-state index in [0.717, 1.165) is 17.5 Å². The van der Waals surface area contributed by atoms with Gasteiger partial charge in [0.2, 0.25) is 0 Å². The summed E-state index contributed by atoms with van der Waals surface area (Å²) in [7, 11) is 0. The molecule has 0 aliphatic carbocycles. The first-order chi connectivity index (χ1) is 6.06. The van der Waals surface area contributed by atoms with E-state index in [9.17, 15) is 8.78 Å². The van der Waals surface area contributed by atoms with Crippen molar-refractivity contribution in [2.24, 2.45) is 0 Å². The van der Waals surface area contributed by atoms with E-state index in [2.05, 4.69) is 0 Å². The van der Waals surface area contributed by atoms with Crippen LogP contribution in [0.4, 0.5) is 8.78 Å². The van der Waals surface area contributed by atoms with E-state index in [-0.39, 0.29) is 5.92 Å². The largest absolute Gasteiger partial charge is 0.204 e. The molecule has 0 atom stereocenters. The molecule has 0 fully saturated rings. The standard InChI is InChI=1S/C11H14F2/c1-4-8-5-10(12)11(13)6-9(8)7(2)3/h5-7H,4H2,1-3H3. The van der Waals surface area contributed by atoms with E-state index in [0.29, 0.717) is 0 Å². The zero-order chi connectivity index (χ0) is 10.0. The van der Waals surface area contributed by atoms with Gasteiger partial charge in [0.25, 0.3) is 0 Å². The lowest BCUT2D eigenvalue weighted by atomic mass is 9.95. The maximum absolute atomic E-state index is 12.9. The fourth-order valence-electron chi connectivity index (χ4n) is 1.45. The molecule has 72 valence electrons.